The number of nitrogens with zero attached hydrogens (tertiary/aromatic N) is 2. The number of imide groups is 2. The van der Waals surface area contributed by atoms with Gasteiger partial charge in [0, 0.05) is 5.54 Å². The van der Waals surface area contributed by atoms with Crippen LogP contribution in [0.25, 0.3) is 11.1 Å². The minimum atomic E-state index is -6.09. The predicted molar refractivity (Wildman–Crippen MR) is 243 cm³/mol. The van der Waals surface area contributed by atoms with Gasteiger partial charge in [0.25, 0.3) is 23.6 Å². The van der Waals surface area contributed by atoms with Crippen LogP contribution in [-0.2, 0) is 10.8 Å². The number of rotatable bonds is 11. The number of fused-ring (bicyclic) bond motifs is 5. The second-order valence-corrected chi connectivity index (χ2v) is 17.9. The van der Waals surface area contributed by atoms with Crippen LogP contribution in [-0.4, -0.2) is 46.4 Å². The summed E-state index contributed by atoms with van der Waals surface area (Å²) in [5.74, 6) is -3.49. The summed E-state index contributed by atoms with van der Waals surface area (Å²) in [6, 6.07) is 35.1. The van der Waals surface area contributed by atoms with Crippen molar-refractivity contribution in [2.45, 2.75) is 94.9 Å². The van der Waals surface area contributed by atoms with Crippen LogP contribution in [0.1, 0.15) is 147 Å². The maximum atomic E-state index is 15.6. The molecular weight excluding hydrogens is 867 g/mol. The molecule has 2 heterocycles. The number of carbonyl (C=O) groups excluding carboxylic acids is 4. The van der Waals surface area contributed by atoms with Crippen LogP contribution in [0.3, 0.4) is 0 Å². The van der Waals surface area contributed by atoms with Crippen LogP contribution in [0, 0.1) is 0 Å². The third kappa shape index (κ3) is 6.31. The molecule has 67 heavy (non-hydrogen) atoms. The SMILES string of the molecule is CCC(CC)c1ccc(C2(c3ccc(N4C(=O)c5ccc(C(c6ccc7c(c6)C(=O)N(C(C)(CC)CC)C7=O)(C(F)(F)F)C(F)(F)F)cc5C4=O)cc3)c3ccccc3-c3ccccc32)cc1. The fourth-order valence-electron chi connectivity index (χ4n) is 10.9. The standard InChI is InChI=1S/C55H46F6N2O4/c1-6-32(7-2)33-18-20-34(21-19-33)52(45-16-12-10-14-39(45)40-15-11-13-17-46(40)52)35-22-26-38(27-23-35)62-47(64)41-28-24-36(30-43(41)48(62)65)53(54(56,57)58,55(59,60)61)37-25-29-42-44(31-37)50(67)63(49(42)66)51(5,8-3)9-4/h10-32H,6-9H2,1-5H3. The Bertz CT molecular complexity index is 2940. The van der Waals surface area contributed by atoms with E-state index in [-0.39, 0.29) is 29.7 Å². The Kier molecular flexibility index (Phi) is 10.8. The zero-order valence-electron chi connectivity index (χ0n) is 37.4. The first-order valence-electron chi connectivity index (χ1n) is 22.5. The number of alkyl halides is 6. The molecule has 6 aromatic carbocycles. The third-order valence-corrected chi connectivity index (χ3v) is 14.9. The van der Waals surface area contributed by atoms with Gasteiger partial charge in [-0.15, -0.1) is 0 Å². The molecule has 4 amide bonds. The Labute approximate surface area is 384 Å². The maximum Gasteiger partial charge on any atom is 0.411 e. The Morgan fingerprint density at radius 2 is 0.910 bits per heavy atom. The van der Waals surface area contributed by atoms with Crippen molar-refractivity contribution in [2.75, 3.05) is 4.90 Å². The van der Waals surface area contributed by atoms with Crippen LogP contribution in [0.4, 0.5) is 32.0 Å². The zero-order valence-corrected chi connectivity index (χ0v) is 37.4. The molecule has 3 aliphatic rings. The number of hydrogen-bond donors (Lipinski definition) is 0. The highest BCUT2D eigenvalue weighted by atomic mass is 19.4. The third-order valence-electron chi connectivity index (χ3n) is 14.9. The molecule has 0 spiro atoms. The van der Waals surface area contributed by atoms with Crippen molar-refractivity contribution in [3.63, 3.8) is 0 Å². The molecule has 0 N–H and O–H groups in total. The van der Waals surface area contributed by atoms with Gasteiger partial charge in [-0.25, -0.2) is 4.90 Å². The van der Waals surface area contributed by atoms with E-state index < -0.39 is 74.6 Å². The maximum absolute atomic E-state index is 15.6. The van der Waals surface area contributed by atoms with Gasteiger partial charge in [-0.1, -0.05) is 125 Å². The van der Waals surface area contributed by atoms with Crippen LogP contribution in [0.15, 0.2) is 133 Å². The van der Waals surface area contributed by atoms with E-state index in [4.69, 9.17) is 0 Å². The molecule has 0 unspecified atom stereocenters. The van der Waals surface area contributed by atoms with Crippen LogP contribution >= 0.6 is 0 Å². The molecule has 1 aliphatic carbocycles. The lowest BCUT2D eigenvalue weighted by atomic mass is 9.67. The predicted octanol–water partition coefficient (Wildman–Crippen LogP) is 13.3. The molecular formula is C55H46F6N2O4. The minimum absolute atomic E-state index is 0.0609. The zero-order chi connectivity index (χ0) is 48.0. The molecule has 342 valence electrons. The summed E-state index contributed by atoms with van der Waals surface area (Å²) in [7, 11) is 0. The van der Waals surface area contributed by atoms with E-state index in [2.05, 4.69) is 62.4 Å². The number of benzene rings is 6. The monoisotopic (exact) mass is 912 g/mol. The van der Waals surface area contributed by atoms with E-state index >= 15 is 26.3 Å². The summed E-state index contributed by atoms with van der Waals surface area (Å²) in [5, 5.41) is 0. The average Bonchev–Trinajstić information content (AvgIpc) is 3.86. The number of amides is 4. The number of hydrogen-bond acceptors (Lipinski definition) is 4. The van der Waals surface area contributed by atoms with E-state index in [1.807, 2.05) is 24.3 Å². The molecule has 2 aliphatic heterocycles. The number of anilines is 1. The highest BCUT2D eigenvalue weighted by molar-refractivity contribution is 6.34. The van der Waals surface area contributed by atoms with Gasteiger partial charge < -0.3 is 0 Å². The molecule has 6 nitrogen and oxygen atoms in total. The van der Waals surface area contributed by atoms with Gasteiger partial charge in [0.1, 0.15) is 0 Å². The Balaban J connectivity index is 1.13. The normalized spacial score (nSPS) is 15.6. The van der Waals surface area contributed by atoms with Crippen LogP contribution < -0.4 is 4.90 Å². The summed E-state index contributed by atoms with van der Waals surface area (Å²) in [4.78, 5) is 57.1. The van der Waals surface area contributed by atoms with Crippen molar-refractivity contribution in [3.05, 3.63) is 195 Å². The second kappa shape index (κ2) is 15.9. The van der Waals surface area contributed by atoms with Crippen molar-refractivity contribution < 1.29 is 45.5 Å². The molecule has 0 radical (unpaired) electrons. The minimum Gasteiger partial charge on any atom is -0.269 e. The lowest BCUT2D eigenvalue weighted by Crippen LogP contribution is -2.55. The number of carbonyl (C=O) groups is 4. The van der Waals surface area contributed by atoms with Gasteiger partial charge in [-0.3, -0.25) is 24.1 Å². The van der Waals surface area contributed by atoms with Crippen LogP contribution in [0.5, 0.6) is 0 Å². The fraction of sp³-hybridized carbons (Fsp3) is 0.273. The average molecular weight is 913 g/mol. The van der Waals surface area contributed by atoms with Gasteiger partial charge in [0.15, 0.2) is 0 Å². The molecule has 6 aromatic rings. The quantitative estimate of drug-likeness (QED) is 0.0957. The van der Waals surface area contributed by atoms with Gasteiger partial charge in [-0.05, 0) is 125 Å². The summed E-state index contributed by atoms with van der Waals surface area (Å²) in [6.07, 6.45) is -9.65. The highest BCUT2D eigenvalue weighted by Crippen LogP contribution is 2.58. The van der Waals surface area contributed by atoms with E-state index in [0.29, 0.717) is 30.2 Å². The second-order valence-electron chi connectivity index (χ2n) is 17.9. The van der Waals surface area contributed by atoms with Crippen LogP contribution in [0.2, 0.25) is 0 Å². The van der Waals surface area contributed by atoms with Crippen molar-refractivity contribution in [1.29, 1.82) is 0 Å². The fourth-order valence-corrected chi connectivity index (χ4v) is 10.9. The molecule has 0 atom stereocenters. The largest absolute Gasteiger partial charge is 0.411 e. The summed E-state index contributed by atoms with van der Waals surface area (Å²) in [6.45, 7) is 9.36. The van der Waals surface area contributed by atoms with E-state index in [0.717, 1.165) is 68.2 Å². The topological polar surface area (TPSA) is 74.8 Å². The molecule has 0 aromatic heterocycles. The summed E-state index contributed by atoms with van der Waals surface area (Å²) >= 11 is 0. The summed E-state index contributed by atoms with van der Waals surface area (Å²) in [5.41, 5.74) is -4.23. The molecule has 0 fully saturated rings. The first kappa shape index (κ1) is 45.3. The number of halogens is 6. The van der Waals surface area contributed by atoms with Gasteiger partial charge >= 0.3 is 12.4 Å². The van der Waals surface area contributed by atoms with Crippen molar-refractivity contribution in [3.8, 4) is 11.1 Å². The van der Waals surface area contributed by atoms with E-state index in [1.54, 1.807) is 45.0 Å². The van der Waals surface area contributed by atoms with Gasteiger partial charge in [0.2, 0.25) is 5.41 Å². The smallest absolute Gasteiger partial charge is 0.269 e. The summed E-state index contributed by atoms with van der Waals surface area (Å²) < 4.78 is 93.4. The first-order valence-corrected chi connectivity index (χ1v) is 22.5. The molecule has 0 saturated heterocycles. The molecule has 0 bridgehead atoms. The van der Waals surface area contributed by atoms with Gasteiger partial charge in [-0.2, -0.15) is 26.3 Å². The Hall–Kier alpha value is -6.82. The molecule has 0 saturated carbocycles. The van der Waals surface area contributed by atoms with Crippen molar-refractivity contribution in [2.24, 2.45) is 0 Å². The lowest BCUT2D eigenvalue weighted by Gasteiger charge is -2.38. The lowest BCUT2D eigenvalue weighted by molar-refractivity contribution is -0.288. The van der Waals surface area contributed by atoms with Crippen molar-refractivity contribution in [1.82, 2.24) is 4.90 Å². The van der Waals surface area contributed by atoms with Gasteiger partial charge in [0.05, 0.1) is 33.4 Å². The Morgan fingerprint density at radius 1 is 0.493 bits per heavy atom. The Morgan fingerprint density at radius 3 is 1.37 bits per heavy atom. The molecule has 12 heteroatoms. The van der Waals surface area contributed by atoms with Crippen molar-refractivity contribution >= 4 is 29.3 Å². The van der Waals surface area contributed by atoms with E-state index in [1.165, 1.54) is 5.56 Å². The molecule has 9 rings (SSSR count). The first-order chi connectivity index (χ1) is 31.8. The highest BCUT2D eigenvalue weighted by Gasteiger charge is 2.73. The van der Waals surface area contributed by atoms with E-state index in [9.17, 15) is 19.2 Å².